The second-order valence-electron chi connectivity index (χ2n) is 0.0583. The van der Waals surface area contributed by atoms with Crippen molar-refractivity contribution in [2.24, 2.45) is 0 Å². The molecule has 1 nitrogen and oxygen atoms in total. The van der Waals surface area contributed by atoms with E-state index in [1.54, 1.807) is 0 Å². The molecule has 0 amide bonds. The van der Waals surface area contributed by atoms with Gasteiger partial charge in [0, 0.05) is 42.5 Å². The van der Waals surface area contributed by atoms with Crippen LogP contribution in [0.15, 0.2) is 0 Å². The Morgan fingerprint density at radius 2 is 1.20 bits per heavy atom. The van der Waals surface area contributed by atoms with Crippen LogP contribution in [0.2, 0.25) is 0 Å². The van der Waals surface area contributed by atoms with Crippen LogP contribution in [0.1, 0.15) is 0 Å². The second-order valence-corrected chi connectivity index (χ2v) is 0.525. The van der Waals surface area contributed by atoms with Gasteiger partial charge in [0.2, 0.25) is 0 Å². The average molecular weight is 177 g/mol. The molecule has 0 saturated carbocycles. The molecule has 24 valence electrons. The first-order valence-electron chi connectivity index (χ1n) is 0.309. The van der Waals surface area contributed by atoms with Gasteiger partial charge in [0.15, 0.2) is 0 Å². The summed E-state index contributed by atoms with van der Waals surface area (Å²) in [5.41, 5.74) is 0. The topological polar surface area (TPSA) is 9.23 Å². The van der Waals surface area contributed by atoms with Crippen molar-refractivity contribution >= 4 is 46.8 Å². The van der Waals surface area contributed by atoms with Crippen LogP contribution >= 0.6 is 23.7 Å². The van der Waals surface area contributed by atoms with Gasteiger partial charge in [0.05, 0.1) is 23.7 Å². The van der Waals surface area contributed by atoms with Crippen molar-refractivity contribution in [2.75, 3.05) is 0 Å². The van der Waals surface area contributed by atoms with Crippen LogP contribution < -0.4 is 0 Å². The molecule has 0 unspecified atom stereocenters. The van der Waals surface area contributed by atoms with Crippen molar-refractivity contribution in [3.8, 4) is 0 Å². The first-order valence-corrected chi connectivity index (χ1v) is 0.926. The normalized spacial score (nSPS) is 3.60. The Morgan fingerprint density at radius 3 is 1.20 bits per heavy atom. The SMILES string of the molecule is ClOCl.[Mg].[Zn]. The van der Waals surface area contributed by atoms with Crippen molar-refractivity contribution in [1.29, 1.82) is 0 Å². The van der Waals surface area contributed by atoms with Crippen molar-refractivity contribution in [3.05, 3.63) is 0 Å². The first-order chi connectivity index (χ1) is 1.41. The quantitative estimate of drug-likeness (QED) is 0.499. The molecule has 0 N–H and O–H groups in total. The van der Waals surface area contributed by atoms with Gasteiger partial charge in [-0.3, -0.25) is 0 Å². The predicted molar refractivity (Wildman–Crippen MR) is 18.5 cm³/mol. The Morgan fingerprint density at radius 1 is 1.20 bits per heavy atom. The summed E-state index contributed by atoms with van der Waals surface area (Å²) < 4.78 is 3.19. The van der Waals surface area contributed by atoms with E-state index in [1.165, 1.54) is 0 Å². The van der Waals surface area contributed by atoms with Gasteiger partial charge in [-0.1, -0.05) is 0 Å². The van der Waals surface area contributed by atoms with Gasteiger partial charge in [0.25, 0.3) is 0 Å². The molecule has 0 aromatic rings. The zero-order valence-electron chi connectivity index (χ0n) is 2.58. The van der Waals surface area contributed by atoms with Gasteiger partial charge < -0.3 is 0 Å². The third-order valence-corrected chi connectivity index (χ3v) is 0. The fourth-order valence-electron chi connectivity index (χ4n) is 0. The molecule has 0 bridgehead atoms. The van der Waals surface area contributed by atoms with Crippen molar-refractivity contribution in [1.82, 2.24) is 0 Å². The van der Waals surface area contributed by atoms with E-state index in [-0.39, 0.29) is 42.5 Å². The summed E-state index contributed by atoms with van der Waals surface area (Å²) in [5, 5.41) is 0. The summed E-state index contributed by atoms with van der Waals surface area (Å²) in [6, 6.07) is 0. The molecule has 0 saturated heterocycles. The van der Waals surface area contributed by atoms with Crippen LogP contribution in [0.4, 0.5) is 0 Å². The molecule has 0 aliphatic heterocycles. The summed E-state index contributed by atoms with van der Waals surface area (Å²) in [6.45, 7) is 0. The molecule has 0 aromatic carbocycles. The minimum absolute atomic E-state index is 0. The standard InChI is InChI=1S/Cl2O.Mg.Zn/c1-3-2;;. The molecule has 2 radical (unpaired) electrons. The van der Waals surface area contributed by atoms with Crippen LogP contribution in [-0.4, -0.2) is 23.1 Å². The van der Waals surface area contributed by atoms with E-state index >= 15 is 0 Å². The van der Waals surface area contributed by atoms with Crippen LogP contribution in [0.25, 0.3) is 0 Å². The van der Waals surface area contributed by atoms with E-state index in [4.69, 9.17) is 0 Å². The molecular formula is Cl2MgOZn. The molecule has 5 heavy (non-hydrogen) atoms. The van der Waals surface area contributed by atoms with Crippen LogP contribution in [0.5, 0.6) is 0 Å². The minimum Gasteiger partial charge on any atom is -0.166 e. The van der Waals surface area contributed by atoms with E-state index in [1.807, 2.05) is 0 Å². The second kappa shape index (κ2) is 16.8. The Labute approximate surface area is 69.6 Å². The third-order valence-electron chi connectivity index (χ3n) is 0. The van der Waals surface area contributed by atoms with Crippen LogP contribution in [0, 0.1) is 0 Å². The fraction of sp³-hybridized carbons (Fsp3) is 0. The zero-order valence-corrected chi connectivity index (χ0v) is 8.47. The van der Waals surface area contributed by atoms with Crippen LogP contribution in [-0.2, 0) is 23.3 Å². The average Bonchev–Trinajstić information content (AvgIpc) is 0.918. The van der Waals surface area contributed by atoms with E-state index in [0.717, 1.165) is 0 Å². The fourth-order valence-corrected chi connectivity index (χ4v) is 0. The molecule has 0 spiro atoms. The number of rotatable bonds is 0. The molecular weight excluding hydrogens is 177 g/mol. The predicted octanol–water partition coefficient (Wildman–Crippen LogP) is 0.927. The Kier molecular flexibility index (Phi) is 53.0. The van der Waals surface area contributed by atoms with Crippen molar-refractivity contribution in [2.45, 2.75) is 0 Å². The number of hydrogen-bond acceptors (Lipinski definition) is 1. The molecule has 0 aromatic heterocycles. The monoisotopic (exact) mass is 174 g/mol. The molecule has 0 rings (SSSR count). The van der Waals surface area contributed by atoms with Gasteiger partial charge in [-0.2, -0.15) is 3.84 Å². The molecule has 0 fully saturated rings. The minimum atomic E-state index is 0. The number of halogens is 2. The van der Waals surface area contributed by atoms with E-state index in [2.05, 4.69) is 27.6 Å². The van der Waals surface area contributed by atoms with E-state index in [0.29, 0.717) is 0 Å². The summed E-state index contributed by atoms with van der Waals surface area (Å²) >= 11 is 8.53. The van der Waals surface area contributed by atoms with Crippen molar-refractivity contribution in [3.63, 3.8) is 0 Å². The van der Waals surface area contributed by atoms with Gasteiger partial charge >= 0.3 is 0 Å². The van der Waals surface area contributed by atoms with Gasteiger partial charge in [-0.05, 0) is 0 Å². The summed E-state index contributed by atoms with van der Waals surface area (Å²) in [4.78, 5) is 0. The zero-order chi connectivity index (χ0) is 2.71. The molecule has 0 heterocycles. The molecule has 5 heteroatoms. The maximum Gasteiger partial charge on any atom is 0.0832 e. The maximum absolute atomic E-state index is 4.26. The van der Waals surface area contributed by atoms with E-state index in [9.17, 15) is 0 Å². The molecule has 0 atom stereocenters. The molecule has 0 aliphatic carbocycles. The maximum atomic E-state index is 4.26. The summed E-state index contributed by atoms with van der Waals surface area (Å²) in [5.74, 6) is 0. The summed E-state index contributed by atoms with van der Waals surface area (Å²) in [6.07, 6.45) is 0. The smallest absolute Gasteiger partial charge is 0.0832 e. The van der Waals surface area contributed by atoms with Crippen LogP contribution in [0.3, 0.4) is 0 Å². The molecule has 0 aliphatic rings. The largest absolute Gasteiger partial charge is 0.166 e. The van der Waals surface area contributed by atoms with Gasteiger partial charge in [0.1, 0.15) is 0 Å². The van der Waals surface area contributed by atoms with Gasteiger partial charge in [-0.25, -0.2) is 0 Å². The Hall–Kier alpha value is 1.93. The number of hydrogen-bond donors (Lipinski definition) is 0. The van der Waals surface area contributed by atoms with Crippen molar-refractivity contribution < 1.29 is 23.3 Å². The third kappa shape index (κ3) is 24.6. The van der Waals surface area contributed by atoms with Gasteiger partial charge in [-0.15, -0.1) is 0 Å². The van der Waals surface area contributed by atoms with E-state index < -0.39 is 0 Å². The first kappa shape index (κ1) is 15.8. The summed E-state index contributed by atoms with van der Waals surface area (Å²) in [7, 11) is 0. The Balaban J connectivity index is -0.0000000200. The Bertz CT molecular complexity index is 9.61.